The molecule has 3 rings (SSSR count). The number of amides is 2. The van der Waals surface area contributed by atoms with Gasteiger partial charge in [0.15, 0.2) is 0 Å². The summed E-state index contributed by atoms with van der Waals surface area (Å²) in [6.07, 6.45) is 2.13. The van der Waals surface area contributed by atoms with Gasteiger partial charge in [0.05, 0.1) is 11.9 Å². The second kappa shape index (κ2) is 13.2. The molecular formula is C30H37N3O4S. The molecule has 38 heavy (non-hydrogen) atoms. The normalized spacial score (nSPS) is 12.8. The molecule has 202 valence electrons. The average molecular weight is 536 g/mol. The van der Waals surface area contributed by atoms with E-state index < -0.39 is 28.5 Å². The Labute approximate surface area is 226 Å². The molecule has 0 aliphatic rings. The van der Waals surface area contributed by atoms with Gasteiger partial charge in [-0.1, -0.05) is 85.8 Å². The molecule has 0 spiro atoms. The number of hydrogen-bond acceptors (Lipinski definition) is 4. The van der Waals surface area contributed by atoms with Crippen LogP contribution in [0, 0.1) is 6.92 Å². The SMILES string of the molecule is CC[C@H](C)NC(=O)[C@@H](Cc1ccccc1)N(Cc1ccccc1)C(=O)CN(c1ccccc1C)S(C)(=O)=O. The van der Waals surface area contributed by atoms with E-state index in [1.54, 1.807) is 25.1 Å². The van der Waals surface area contributed by atoms with Gasteiger partial charge < -0.3 is 10.2 Å². The minimum absolute atomic E-state index is 0.0751. The summed E-state index contributed by atoms with van der Waals surface area (Å²) in [7, 11) is -3.78. The monoisotopic (exact) mass is 535 g/mol. The fourth-order valence-electron chi connectivity index (χ4n) is 4.21. The minimum Gasteiger partial charge on any atom is -0.352 e. The minimum atomic E-state index is -3.78. The first-order valence-electron chi connectivity index (χ1n) is 12.8. The molecule has 8 heteroatoms. The van der Waals surface area contributed by atoms with E-state index in [9.17, 15) is 18.0 Å². The van der Waals surface area contributed by atoms with Crippen LogP contribution in [0.25, 0.3) is 0 Å². The van der Waals surface area contributed by atoms with Crippen LogP contribution in [0.3, 0.4) is 0 Å². The Balaban J connectivity index is 2.05. The number of sulfonamides is 1. The van der Waals surface area contributed by atoms with E-state index in [0.717, 1.165) is 33.7 Å². The van der Waals surface area contributed by atoms with E-state index >= 15 is 0 Å². The highest BCUT2D eigenvalue weighted by Crippen LogP contribution is 2.23. The number of carbonyl (C=O) groups excluding carboxylic acids is 2. The molecule has 0 bridgehead atoms. The molecule has 2 atom stereocenters. The van der Waals surface area contributed by atoms with E-state index in [1.807, 2.05) is 80.6 Å². The second-order valence-electron chi connectivity index (χ2n) is 9.59. The largest absolute Gasteiger partial charge is 0.352 e. The number of para-hydroxylation sites is 1. The van der Waals surface area contributed by atoms with Gasteiger partial charge in [-0.2, -0.15) is 0 Å². The second-order valence-corrected chi connectivity index (χ2v) is 11.5. The number of aryl methyl sites for hydroxylation is 1. The Kier molecular flexibility index (Phi) is 10.1. The van der Waals surface area contributed by atoms with Gasteiger partial charge >= 0.3 is 0 Å². The summed E-state index contributed by atoms with van der Waals surface area (Å²) in [6.45, 7) is 5.45. The van der Waals surface area contributed by atoms with Crippen molar-refractivity contribution >= 4 is 27.5 Å². The molecule has 0 fully saturated rings. The fourth-order valence-corrected chi connectivity index (χ4v) is 5.12. The lowest BCUT2D eigenvalue weighted by molar-refractivity contribution is -0.140. The van der Waals surface area contributed by atoms with E-state index in [-0.39, 0.29) is 18.5 Å². The van der Waals surface area contributed by atoms with Crippen molar-refractivity contribution in [2.45, 2.75) is 52.2 Å². The van der Waals surface area contributed by atoms with E-state index in [1.165, 1.54) is 4.90 Å². The first-order chi connectivity index (χ1) is 18.1. The third kappa shape index (κ3) is 7.92. The first-order valence-corrected chi connectivity index (χ1v) is 14.7. The Morgan fingerprint density at radius 3 is 1.97 bits per heavy atom. The summed E-state index contributed by atoms with van der Waals surface area (Å²) in [5.41, 5.74) is 2.92. The van der Waals surface area contributed by atoms with Crippen LogP contribution in [0.15, 0.2) is 84.9 Å². The molecule has 0 aromatic heterocycles. The molecule has 0 saturated heterocycles. The van der Waals surface area contributed by atoms with Crippen LogP contribution in [-0.2, 0) is 32.6 Å². The van der Waals surface area contributed by atoms with Gasteiger partial charge in [-0.25, -0.2) is 8.42 Å². The van der Waals surface area contributed by atoms with Crippen LogP contribution in [0.4, 0.5) is 5.69 Å². The highest BCUT2D eigenvalue weighted by molar-refractivity contribution is 7.92. The molecule has 0 radical (unpaired) electrons. The lowest BCUT2D eigenvalue weighted by Gasteiger charge is -2.34. The zero-order chi connectivity index (χ0) is 27.7. The Morgan fingerprint density at radius 2 is 1.42 bits per heavy atom. The van der Waals surface area contributed by atoms with Gasteiger partial charge in [-0.3, -0.25) is 13.9 Å². The molecule has 3 aromatic rings. The summed E-state index contributed by atoms with van der Waals surface area (Å²) in [4.78, 5) is 29.2. The predicted molar refractivity (Wildman–Crippen MR) is 152 cm³/mol. The lowest BCUT2D eigenvalue weighted by atomic mass is 10.0. The average Bonchev–Trinajstić information content (AvgIpc) is 2.90. The standard InChI is InChI=1S/C30H37N3O4S/c1-5-24(3)31-30(35)28(20-25-15-8-6-9-16-25)32(21-26-17-10-7-11-18-26)29(34)22-33(38(4,36)37)27-19-13-12-14-23(27)2/h6-19,24,28H,5,20-22H2,1-4H3,(H,31,35)/t24-,28+/m0/s1. The van der Waals surface area contributed by atoms with Gasteiger partial charge in [0.2, 0.25) is 21.8 Å². The molecule has 0 heterocycles. The summed E-state index contributed by atoms with van der Waals surface area (Å²) in [5.74, 6) is -0.725. The van der Waals surface area contributed by atoms with Crippen molar-refractivity contribution in [2.75, 3.05) is 17.1 Å². The Morgan fingerprint density at radius 1 is 0.868 bits per heavy atom. The van der Waals surface area contributed by atoms with Crippen molar-refractivity contribution in [3.63, 3.8) is 0 Å². The topological polar surface area (TPSA) is 86.8 Å². The van der Waals surface area contributed by atoms with Crippen LogP contribution < -0.4 is 9.62 Å². The van der Waals surface area contributed by atoms with Crippen molar-refractivity contribution < 1.29 is 18.0 Å². The number of carbonyl (C=O) groups is 2. The summed E-state index contributed by atoms with van der Waals surface area (Å²) >= 11 is 0. The Hall–Kier alpha value is -3.65. The predicted octanol–water partition coefficient (Wildman–Crippen LogP) is 4.32. The van der Waals surface area contributed by atoms with Crippen molar-refractivity contribution in [1.82, 2.24) is 10.2 Å². The third-order valence-corrected chi connectivity index (χ3v) is 7.66. The zero-order valence-corrected chi connectivity index (χ0v) is 23.3. The number of rotatable bonds is 12. The van der Waals surface area contributed by atoms with Gasteiger partial charge in [-0.15, -0.1) is 0 Å². The summed E-state index contributed by atoms with van der Waals surface area (Å²) in [5, 5.41) is 3.03. The van der Waals surface area contributed by atoms with E-state index in [4.69, 9.17) is 0 Å². The fraction of sp³-hybridized carbons (Fsp3) is 0.333. The van der Waals surface area contributed by atoms with Crippen LogP contribution >= 0.6 is 0 Å². The van der Waals surface area contributed by atoms with E-state index in [2.05, 4.69) is 5.32 Å². The molecule has 0 aliphatic heterocycles. The first kappa shape index (κ1) is 28.9. The van der Waals surface area contributed by atoms with Gasteiger partial charge in [0.1, 0.15) is 12.6 Å². The molecule has 7 nitrogen and oxygen atoms in total. The molecule has 0 saturated carbocycles. The van der Waals surface area contributed by atoms with E-state index in [0.29, 0.717) is 12.1 Å². The van der Waals surface area contributed by atoms with Crippen molar-refractivity contribution in [3.8, 4) is 0 Å². The van der Waals surface area contributed by atoms with Crippen LogP contribution in [0.2, 0.25) is 0 Å². The summed E-state index contributed by atoms with van der Waals surface area (Å²) in [6, 6.07) is 25.1. The van der Waals surface area contributed by atoms with Gasteiger partial charge in [0.25, 0.3) is 0 Å². The number of benzene rings is 3. The number of nitrogens with zero attached hydrogens (tertiary/aromatic N) is 2. The molecule has 0 unspecified atom stereocenters. The Bertz CT molecular complexity index is 1310. The molecule has 2 amide bonds. The summed E-state index contributed by atoms with van der Waals surface area (Å²) < 4.78 is 26.8. The highest BCUT2D eigenvalue weighted by atomic mass is 32.2. The highest BCUT2D eigenvalue weighted by Gasteiger charge is 2.33. The maximum atomic E-state index is 14.0. The van der Waals surface area contributed by atoms with Crippen molar-refractivity contribution in [3.05, 3.63) is 102 Å². The molecular weight excluding hydrogens is 498 g/mol. The van der Waals surface area contributed by atoms with Crippen LogP contribution in [0.1, 0.15) is 37.0 Å². The quantitative estimate of drug-likeness (QED) is 0.374. The van der Waals surface area contributed by atoms with Crippen molar-refractivity contribution in [1.29, 1.82) is 0 Å². The number of hydrogen-bond donors (Lipinski definition) is 1. The van der Waals surface area contributed by atoms with Gasteiger partial charge in [-0.05, 0) is 43.0 Å². The molecule has 3 aromatic carbocycles. The van der Waals surface area contributed by atoms with Crippen molar-refractivity contribution in [2.24, 2.45) is 0 Å². The molecule has 1 N–H and O–H groups in total. The maximum Gasteiger partial charge on any atom is 0.244 e. The number of anilines is 1. The van der Waals surface area contributed by atoms with Crippen LogP contribution in [-0.4, -0.2) is 50.0 Å². The van der Waals surface area contributed by atoms with Crippen LogP contribution in [0.5, 0.6) is 0 Å². The third-order valence-electron chi connectivity index (χ3n) is 6.53. The number of nitrogens with one attached hydrogen (secondary N) is 1. The van der Waals surface area contributed by atoms with Gasteiger partial charge in [0, 0.05) is 19.0 Å². The lowest BCUT2D eigenvalue weighted by Crippen LogP contribution is -2.54. The zero-order valence-electron chi connectivity index (χ0n) is 22.5. The molecule has 0 aliphatic carbocycles. The smallest absolute Gasteiger partial charge is 0.244 e. The maximum absolute atomic E-state index is 14.0.